The predicted octanol–water partition coefficient (Wildman–Crippen LogP) is 3.72. The molecule has 0 spiro atoms. The Morgan fingerprint density at radius 3 is 2.82 bits per heavy atom. The minimum Gasteiger partial charge on any atom is -0.331 e. The van der Waals surface area contributed by atoms with Gasteiger partial charge in [0.05, 0.1) is 0 Å². The minimum absolute atomic E-state index is 0.461. The van der Waals surface area contributed by atoms with E-state index < -0.39 is 0 Å². The summed E-state index contributed by atoms with van der Waals surface area (Å²) in [6.45, 7) is 5.92. The van der Waals surface area contributed by atoms with E-state index in [9.17, 15) is 0 Å². The van der Waals surface area contributed by atoms with E-state index in [0.29, 0.717) is 10.1 Å². The molecule has 0 unspecified atom stereocenters. The lowest BCUT2D eigenvalue weighted by Crippen LogP contribution is -2.25. The Bertz CT molecular complexity index is 443. The fraction of sp³-hybridized carbons (Fsp3) is 0.333. The third-order valence-electron chi connectivity index (χ3n) is 2.38. The number of nitrogens with zero attached hydrogens (tertiary/aromatic N) is 1. The van der Waals surface area contributed by atoms with Crippen molar-refractivity contribution in [2.45, 2.75) is 27.2 Å². The van der Waals surface area contributed by atoms with Crippen molar-refractivity contribution in [2.24, 2.45) is 5.10 Å². The van der Waals surface area contributed by atoms with Crippen LogP contribution in [0.3, 0.4) is 0 Å². The molecule has 0 saturated carbocycles. The van der Waals surface area contributed by atoms with Crippen molar-refractivity contribution in [1.29, 1.82) is 0 Å². The van der Waals surface area contributed by atoms with Gasteiger partial charge < -0.3 is 5.32 Å². The Balaban J connectivity index is 2.66. The molecule has 1 rings (SSSR count). The van der Waals surface area contributed by atoms with Crippen LogP contribution < -0.4 is 10.7 Å². The van der Waals surface area contributed by atoms with Crippen molar-refractivity contribution in [3.8, 4) is 0 Å². The maximum atomic E-state index is 6.02. The van der Waals surface area contributed by atoms with Crippen LogP contribution in [0.2, 0.25) is 5.02 Å². The molecule has 1 aromatic carbocycles. The second-order valence-electron chi connectivity index (χ2n) is 3.68. The van der Waals surface area contributed by atoms with E-state index in [-0.39, 0.29) is 0 Å². The highest BCUT2D eigenvalue weighted by Gasteiger charge is 2.03. The standard InChI is InChI=1S/C12H16ClN3S/c1-4-8(2)15-16-12(17)14-11-7-5-6-10(13)9(11)3/h5-7H,4H2,1-3H3,(H2,14,16,17)/b15-8-. The molecule has 5 heteroatoms. The van der Waals surface area contributed by atoms with Gasteiger partial charge in [0.15, 0.2) is 5.11 Å². The minimum atomic E-state index is 0.461. The number of halogens is 1. The van der Waals surface area contributed by atoms with Gasteiger partial charge in [-0.1, -0.05) is 24.6 Å². The van der Waals surface area contributed by atoms with Gasteiger partial charge in [0.1, 0.15) is 0 Å². The molecule has 0 fully saturated rings. The van der Waals surface area contributed by atoms with Crippen molar-refractivity contribution in [3.05, 3.63) is 28.8 Å². The molecule has 92 valence electrons. The fourth-order valence-electron chi connectivity index (χ4n) is 1.12. The number of hydrogen-bond acceptors (Lipinski definition) is 2. The summed E-state index contributed by atoms with van der Waals surface area (Å²) in [5.41, 5.74) is 5.65. The molecule has 0 bridgehead atoms. The van der Waals surface area contributed by atoms with E-state index >= 15 is 0 Å². The second-order valence-corrected chi connectivity index (χ2v) is 4.49. The molecule has 1 aromatic rings. The average Bonchev–Trinajstić information content (AvgIpc) is 2.32. The molecule has 17 heavy (non-hydrogen) atoms. The lowest BCUT2D eigenvalue weighted by atomic mass is 10.2. The first kappa shape index (κ1) is 13.9. The smallest absolute Gasteiger partial charge is 0.191 e. The van der Waals surface area contributed by atoms with Gasteiger partial charge in [-0.15, -0.1) is 0 Å². The maximum Gasteiger partial charge on any atom is 0.191 e. The van der Waals surface area contributed by atoms with E-state index in [1.807, 2.05) is 39.0 Å². The zero-order chi connectivity index (χ0) is 12.8. The van der Waals surface area contributed by atoms with Crippen LogP contribution in [0.15, 0.2) is 23.3 Å². The summed E-state index contributed by atoms with van der Waals surface area (Å²) in [5.74, 6) is 0. The van der Waals surface area contributed by atoms with Gasteiger partial charge in [0.2, 0.25) is 0 Å². The zero-order valence-corrected chi connectivity index (χ0v) is 11.7. The molecule has 0 saturated heterocycles. The summed E-state index contributed by atoms with van der Waals surface area (Å²) in [7, 11) is 0. The lowest BCUT2D eigenvalue weighted by Gasteiger charge is -2.11. The summed E-state index contributed by atoms with van der Waals surface area (Å²) >= 11 is 11.1. The van der Waals surface area contributed by atoms with Gasteiger partial charge in [-0.25, -0.2) is 0 Å². The molecule has 0 aromatic heterocycles. The van der Waals surface area contributed by atoms with Gasteiger partial charge in [0, 0.05) is 16.4 Å². The molecule has 3 nitrogen and oxygen atoms in total. The van der Waals surface area contributed by atoms with Crippen LogP contribution in [0.25, 0.3) is 0 Å². The summed E-state index contributed by atoms with van der Waals surface area (Å²) in [4.78, 5) is 0. The van der Waals surface area contributed by atoms with Crippen LogP contribution in [-0.2, 0) is 0 Å². The fourth-order valence-corrected chi connectivity index (χ4v) is 1.45. The molecular formula is C12H16ClN3S. The summed E-state index contributed by atoms with van der Waals surface area (Å²) in [6, 6.07) is 5.64. The van der Waals surface area contributed by atoms with Crippen LogP contribution in [0, 0.1) is 6.92 Å². The Morgan fingerprint density at radius 1 is 1.47 bits per heavy atom. The molecule has 2 N–H and O–H groups in total. The molecule has 0 radical (unpaired) electrons. The number of nitrogens with one attached hydrogen (secondary N) is 2. The highest BCUT2D eigenvalue weighted by molar-refractivity contribution is 7.80. The number of hydrogen-bond donors (Lipinski definition) is 2. The number of thiocarbonyl (C=S) groups is 1. The predicted molar refractivity (Wildman–Crippen MR) is 78.9 cm³/mol. The molecular weight excluding hydrogens is 254 g/mol. The summed E-state index contributed by atoms with van der Waals surface area (Å²) in [6.07, 6.45) is 0.895. The van der Waals surface area contributed by atoms with Crippen molar-refractivity contribution in [2.75, 3.05) is 5.32 Å². The Hall–Kier alpha value is -1.13. The normalized spacial score (nSPS) is 11.2. The third-order valence-corrected chi connectivity index (χ3v) is 2.98. The van der Waals surface area contributed by atoms with Gasteiger partial charge in [-0.3, -0.25) is 5.43 Å². The molecule has 0 atom stereocenters. The molecule has 0 aliphatic carbocycles. The number of hydrazone groups is 1. The number of rotatable bonds is 3. The Kier molecular flexibility index (Phi) is 5.38. The summed E-state index contributed by atoms with van der Waals surface area (Å²) in [5, 5.41) is 8.36. The lowest BCUT2D eigenvalue weighted by molar-refractivity contribution is 1.02. The molecule has 0 aliphatic heterocycles. The van der Waals surface area contributed by atoms with Gasteiger partial charge in [-0.2, -0.15) is 5.10 Å². The van der Waals surface area contributed by atoms with E-state index in [4.69, 9.17) is 23.8 Å². The van der Waals surface area contributed by atoms with Crippen LogP contribution in [-0.4, -0.2) is 10.8 Å². The largest absolute Gasteiger partial charge is 0.331 e. The SMILES string of the molecule is CC/C(C)=N\NC(=S)Nc1cccc(Cl)c1C. The van der Waals surface area contributed by atoms with E-state index in [1.54, 1.807) is 0 Å². The van der Waals surface area contributed by atoms with Gasteiger partial charge in [0.25, 0.3) is 0 Å². The maximum absolute atomic E-state index is 6.02. The zero-order valence-electron chi connectivity index (χ0n) is 10.2. The number of benzene rings is 1. The van der Waals surface area contributed by atoms with E-state index in [0.717, 1.165) is 23.4 Å². The van der Waals surface area contributed by atoms with Crippen molar-refractivity contribution >= 4 is 40.3 Å². The number of anilines is 1. The van der Waals surface area contributed by atoms with E-state index in [1.165, 1.54) is 0 Å². The monoisotopic (exact) mass is 269 g/mol. The first-order valence-electron chi connectivity index (χ1n) is 5.39. The highest BCUT2D eigenvalue weighted by atomic mass is 35.5. The van der Waals surface area contributed by atoms with Crippen LogP contribution in [0.1, 0.15) is 25.8 Å². The molecule has 0 amide bonds. The van der Waals surface area contributed by atoms with Crippen molar-refractivity contribution < 1.29 is 0 Å². The third kappa shape index (κ3) is 4.32. The first-order valence-corrected chi connectivity index (χ1v) is 6.18. The van der Waals surface area contributed by atoms with E-state index in [2.05, 4.69) is 15.8 Å². The second kappa shape index (κ2) is 6.57. The topological polar surface area (TPSA) is 36.4 Å². The Morgan fingerprint density at radius 2 is 2.18 bits per heavy atom. The van der Waals surface area contributed by atoms with Crippen molar-refractivity contribution in [1.82, 2.24) is 5.43 Å². The van der Waals surface area contributed by atoms with Crippen LogP contribution >= 0.6 is 23.8 Å². The summed E-state index contributed by atoms with van der Waals surface area (Å²) < 4.78 is 0. The van der Waals surface area contributed by atoms with Crippen molar-refractivity contribution in [3.63, 3.8) is 0 Å². The molecule has 0 heterocycles. The van der Waals surface area contributed by atoms with Crippen LogP contribution in [0.5, 0.6) is 0 Å². The Labute approximate surface area is 112 Å². The highest BCUT2D eigenvalue weighted by Crippen LogP contribution is 2.22. The average molecular weight is 270 g/mol. The first-order chi connectivity index (χ1) is 8.04. The van der Waals surface area contributed by atoms with Gasteiger partial charge >= 0.3 is 0 Å². The molecule has 0 aliphatic rings. The van der Waals surface area contributed by atoms with Gasteiger partial charge in [-0.05, 0) is 50.2 Å². The van der Waals surface area contributed by atoms with Crippen LogP contribution in [0.4, 0.5) is 5.69 Å². The quantitative estimate of drug-likeness (QED) is 0.499.